The summed E-state index contributed by atoms with van der Waals surface area (Å²) >= 11 is 0. The molecule has 0 fully saturated rings. The number of aromatic nitrogens is 1. The van der Waals surface area contributed by atoms with E-state index < -0.39 is 0 Å². The average Bonchev–Trinajstić information content (AvgIpc) is 2.39. The minimum Gasteiger partial charge on any atom is -0.305 e. The summed E-state index contributed by atoms with van der Waals surface area (Å²) in [5, 5.41) is 3.55. The van der Waals surface area contributed by atoms with Crippen LogP contribution in [0.4, 0.5) is 0 Å². The van der Waals surface area contributed by atoms with Crippen molar-refractivity contribution in [2.24, 2.45) is 0 Å². The second-order valence-corrected chi connectivity index (χ2v) is 5.11. The maximum atomic E-state index is 4.54. The number of rotatable bonds is 4. The fraction of sp³-hybridized carbons (Fsp3) is 0.353. The number of hydrogen-bond donors (Lipinski definition) is 1. The third-order valence-electron chi connectivity index (χ3n) is 3.39. The summed E-state index contributed by atoms with van der Waals surface area (Å²) in [6, 6.07) is 11.0. The van der Waals surface area contributed by atoms with Crippen LogP contribution >= 0.6 is 0 Å². The van der Waals surface area contributed by atoms with Crippen LogP contribution in [-0.2, 0) is 0 Å². The van der Waals surface area contributed by atoms with Crippen LogP contribution in [0, 0.1) is 20.8 Å². The summed E-state index contributed by atoms with van der Waals surface area (Å²) in [7, 11) is 0. The maximum absolute atomic E-state index is 4.54. The Labute approximate surface area is 115 Å². The Kier molecular flexibility index (Phi) is 4.33. The van der Waals surface area contributed by atoms with E-state index in [9.17, 15) is 0 Å². The summed E-state index contributed by atoms with van der Waals surface area (Å²) in [5.41, 5.74) is 6.25. The minimum atomic E-state index is 0.171. The number of nitrogens with zero attached hydrogens (tertiary/aromatic N) is 1. The highest BCUT2D eigenvalue weighted by atomic mass is 14.9. The van der Waals surface area contributed by atoms with Gasteiger partial charge in [0, 0.05) is 6.20 Å². The van der Waals surface area contributed by atoms with E-state index in [0.717, 1.165) is 12.2 Å². The molecule has 1 atom stereocenters. The number of hydrogen-bond acceptors (Lipinski definition) is 2. The van der Waals surface area contributed by atoms with Gasteiger partial charge in [0.2, 0.25) is 0 Å². The molecule has 0 spiro atoms. The van der Waals surface area contributed by atoms with Gasteiger partial charge in [0.1, 0.15) is 0 Å². The number of pyridine rings is 1. The van der Waals surface area contributed by atoms with Gasteiger partial charge >= 0.3 is 0 Å². The van der Waals surface area contributed by atoms with Gasteiger partial charge in [0.15, 0.2) is 0 Å². The van der Waals surface area contributed by atoms with E-state index in [1.165, 1.54) is 22.3 Å². The topological polar surface area (TPSA) is 24.9 Å². The van der Waals surface area contributed by atoms with E-state index in [4.69, 9.17) is 0 Å². The molecule has 2 nitrogen and oxygen atoms in total. The van der Waals surface area contributed by atoms with Gasteiger partial charge in [-0.3, -0.25) is 4.98 Å². The van der Waals surface area contributed by atoms with Crippen LogP contribution < -0.4 is 5.32 Å². The van der Waals surface area contributed by atoms with Gasteiger partial charge in [0.05, 0.1) is 11.7 Å². The molecule has 0 aliphatic heterocycles. The highest BCUT2D eigenvalue weighted by molar-refractivity contribution is 5.37. The second kappa shape index (κ2) is 5.98. The molecule has 1 unspecified atom stereocenters. The van der Waals surface area contributed by atoms with E-state index in [2.05, 4.69) is 62.3 Å². The third-order valence-corrected chi connectivity index (χ3v) is 3.39. The first-order chi connectivity index (χ1) is 9.11. The highest BCUT2D eigenvalue weighted by Gasteiger charge is 2.16. The van der Waals surface area contributed by atoms with Gasteiger partial charge in [-0.2, -0.15) is 0 Å². The molecule has 0 saturated heterocycles. The second-order valence-electron chi connectivity index (χ2n) is 5.11. The zero-order chi connectivity index (χ0) is 13.8. The molecule has 1 heterocycles. The molecule has 0 saturated carbocycles. The third kappa shape index (κ3) is 3.21. The van der Waals surface area contributed by atoms with Crippen molar-refractivity contribution in [1.29, 1.82) is 0 Å². The van der Waals surface area contributed by atoms with Gasteiger partial charge in [-0.15, -0.1) is 0 Å². The summed E-state index contributed by atoms with van der Waals surface area (Å²) < 4.78 is 0. The van der Waals surface area contributed by atoms with Gasteiger partial charge in [-0.1, -0.05) is 30.7 Å². The Morgan fingerprint density at radius 3 is 2.47 bits per heavy atom. The van der Waals surface area contributed by atoms with Gasteiger partial charge in [-0.05, 0) is 56.1 Å². The molecule has 0 radical (unpaired) electrons. The average molecular weight is 254 g/mol. The maximum Gasteiger partial charge on any atom is 0.0754 e. The molecule has 2 rings (SSSR count). The predicted octanol–water partition coefficient (Wildman–Crippen LogP) is 3.71. The molecule has 2 heteroatoms. The first kappa shape index (κ1) is 13.8. The zero-order valence-electron chi connectivity index (χ0n) is 12.2. The van der Waals surface area contributed by atoms with E-state index in [1.807, 2.05) is 12.3 Å². The first-order valence-electron chi connectivity index (χ1n) is 6.85. The Hall–Kier alpha value is -1.67. The summed E-state index contributed by atoms with van der Waals surface area (Å²) in [6.07, 6.45) is 1.89. The van der Waals surface area contributed by atoms with Gasteiger partial charge in [0.25, 0.3) is 0 Å². The number of benzene rings is 1. The van der Waals surface area contributed by atoms with Crippen molar-refractivity contribution in [2.75, 3.05) is 6.54 Å². The first-order valence-corrected chi connectivity index (χ1v) is 6.85. The standard InChI is InChI=1S/C17H22N2/c1-5-18-17(16-11-13(3)8-9-19-16)15-10-12(2)6-7-14(15)4/h6-11,17-18H,5H2,1-4H3. The van der Waals surface area contributed by atoms with E-state index >= 15 is 0 Å². The molecule has 100 valence electrons. The van der Waals surface area contributed by atoms with E-state index in [-0.39, 0.29) is 6.04 Å². The normalized spacial score (nSPS) is 12.4. The zero-order valence-corrected chi connectivity index (χ0v) is 12.2. The van der Waals surface area contributed by atoms with Crippen LogP contribution in [0.15, 0.2) is 36.5 Å². The largest absolute Gasteiger partial charge is 0.305 e. The molecular formula is C17H22N2. The summed E-state index contributed by atoms with van der Waals surface area (Å²) in [4.78, 5) is 4.54. The summed E-state index contributed by atoms with van der Waals surface area (Å²) in [6.45, 7) is 9.46. The predicted molar refractivity (Wildman–Crippen MR) is 80.4 cm³/mol. The SMILES string of the molecule is CCNC(c1cc(C)ccn1)c1cc(C)ccc1C. The van der Waals surface area contributed by atoms with Crippen LogP contribution in [0.1, 0.15) is 40.9 Å². The molecule has 0 amide bonds. The number of nitrogens with one attached hydrogen (secondary N) is 1. The highest BCUT2D eigenvalue weighted by Crippen LogP contribution is 2.25. The van der Waals surface area contributed by atoms with Crippen molar-refractivity contribution >= 4 is 0 Å². The van der Waals surface area contributed by atoms with Gasteiger partial charge in [-0.25, -0.2) is 0 Å². The molecular weight excluding hydrogens is 232 g/mol. The van der Waals surface area contributed by atoms with Crippen LogP contribution in [0.2, 0.25) is 0 Å². The smallest absolute Gasteiger partial charge is 0.0754 e. The quantitative estimate of drug-likeness (QED) is 0.899. The lowest BCUT2D eigenvalue weighted by Crippen LogP contribution is -2.23. The fourth-order valence-electron chi connectivity index (χ4n) is 2.37. The Bertz CT molecular complexity index is 561. The summed E-state index contributed by atoms with van der Waals surface area (Å²) in [5.74, 6) is 0. The van der Waals surface area contributed by atoms with Crippen molar-refractivity contribution in [3.05, 3.63) is 64.5 Å². The van der Waals surface area contributed by atoms with E-state index in [0.29, 0.717) is 0 Å². The van der Waals surface area contributed by atoms with Crippen molar-refractivity contribution < 1.29 is 0 Å². The minimum absolute atomic E-state index is 0.171. The molecule has 1 aromatic heterocycles. The number of aryl methyl sites for hydroxylation is 3. The van der Waals surface area contributed by atoms with E-state index in [1.54, 1.807) is 0 Å². The Morgan fingerprint density at radius 1 is 1.05 bits per heavy atom. The molecule has 0 aliphatic rings. The van der Waals surface area contributed by atoms with Crippen LogP contribution in [0.3, 0.4) is 0 Å². The lowest BCUT2D eigenvalue weighted by molar-refractivity contribution is 0.612. The molecule has 1 N–H and O–H groups in total. The molecule has 0 aliphatic carbocycles. The van der Waals surface area contributed by atoms with Crippen molar-refractivity contribution in [2.45, 2.75) is 33.7 Å². The molecule has 19 heavy (non-hydrogen) atoms. The lowest BCUT2D eigenvalue weighted by Gasteiger charge is -2.21. The van der Waals surface area contributed by atoms with Crippen molar-refractivity contribution in [3.63, 3.8) is 0 Å². The van der Waals surface area contributed by atoms with Crippen LogP contribution in [0.5, 0.6) is 0 Å². The monoisotopic (exact) mass is 254 g/mol. The molecule has 0 bridgehead atoms. The Morgan fingerprint density at radius 2 is 1.79 bits per heavy atom. The van der Waals surface area contributed by atoms with Crippen LogP contribution in [-0.4, -0.2) is 11.5 Å². The van der Waals surface area contributed by atoms with Gasteiger partial charge < -0.3 is 5.32 Å². The fourth-order valence-corrected chi connectivity index (χ4v) is 2.37. The van der Waals surface area contributed by atoms with Crippen molar-refractivity contribution in [1.82, 2.24) is 10.3 Å². The molecule has 1 aromatic carbocycles. The van der Waals surface area contributed by atoms with Crippen LogP contribution in [0.25, 0.3) is 0 Å². The Balaban J connectivity index is 2.48. The van der Waals surface area contributed by atoms with Crippen molar-refractivity contribution in [3.8, 4) is 0 Å². The molecule has 2 aromatic rings. The lowest BCUT2D eigenvalue weighted by atomic mass is 9.96.